The summed E-state index contributed by atoms with van der Waals surface area (Å²) in [6, 6.07) is 0.747. The molecule has 1 heterocycles. The van der Waals surface area contributed by atoms with Gasteiger partial charge in [-0.2, -0.15) is 0 Å². The van der Waals surface area contributed by atoms with Crippen LogP contribution >= 0.6 is 0 Å². The van der Waals surface area contributed by atoms with E-state index in [2.05, 4.69) is 12.2 Å². The van der Waals surface area contributed by atoms with Gasteiger partial charge in [-0.3, -0.25) is 0 Å². The van der Waals surface area contributed by atoms with Crippen LogP contribution in [0, 0.1) is 0 Å². The van der Waals surface area contributed by atoms with Crippen molar-refractivity contribution in [3.63, 3.8) is 0 Å². The predicted molar refractivity (Wildman–Crippen MR) is 31.5 cm³/mol. The summed E-state index contributed by atoms with van der Waals surface area (Å²) in [6.07, 6.45) is 4.07. The summed E-state index contributed by atoms with van der Waals surface area (Å²) in [5.74, 6) is 0. The third kappa shape index (κ3) is 1.79. The number of hydrogen-bond donors (Lipinski definition) is 1. The number of piperidine rings is 1. The van der Waals surface area contributed by atoms with Gasteiger partial charge in [0.1, 0.15) is 0 Å². The summed E-state index contributed by atoms with van der Waals surface area (Å²) in [5.41, 5.74) is 0. The van der Waals surface area contributed by atoms with E-state index >= 15 is 0 Å². The van der Waals surface area contributed by atoms with Crippen molar-refractivity contribution in [1.29, 1.82) is 0 Å². The summed E-state index contributed by atoms with van der Waals surface area (Å²) in [7, 11) is 0. The minimum atomic E-state index is 0.747. The molecule has 2 heteroatoms. The Labute approximate surface area is 61.3 Å². The van der Waals surface area contributed by atoms with Gasteiger partial charge in [-0.05, 0) is 0 Å². The van der Waals surface area contributed by atoms with E-state index < -0.39 is 0 Å². The van der Waals surface area contributed by atoms with Crippen LogP contribution in [0.25, 0.3) is 0 Å². The first kappa shape index (κ1) is 6.64. The molecule has 0 aromatic heterocycles. The van der Waals surface area contributed by atoms with Crippen LogP contribution in [0.4, 0.5) is 0 Å². The fraction of sp³-hybridized carbons (Fsp3) is 0.833. The summed E-state index contributed by atoms with van der Waals surface area (Å²) < 4.78 is 1.55. The molecule has 1 aliphatic rings. The fourth-order valence-electron chi connectivity index (χ4n) is 0.988. The van der Waals surface area contributed by atoms with E-state index in [0.717, 1.165) is 6.04 Å². The first-order valence-corrected chi connectivity index (χ1v) is 4.55. The van der Waals surface area contributed by atoms with Crippen molar-refractivity contribution in [3.05, 3.63) is 0 Å². The Balaban J connectivity index is 2.34. The first-order chi connectivity index (χ1) is 3.79. The standard InChI is InChI=1S/C6H11N.W/c1-6-4-2-3-5-7-6;/h6-7H,2-4H2,1H3;. The van der Waals surface area contributed by atoms with E-state index in [4.69, 9.17) is 0 Å². The van der Waals surface area contributed by atoms with Crippen LogP contribution in [-0.4, -0.2) is 10.1 Å². The van der Waals surface area contributed by atoms with Gasteiger partial charge in [-0.15, -0.1) is 0 Å². The van der Waals surface area contributed by atoms with Crippen LogP contribution < -0.4 is 5.32 Å². The van der Waals surface area contributed by atoms with Crippen molar-refractivity contribution in [2.75, 3.05) is 0 Å². The predicted octanol–water partition coefficient (Wildman–Crippen LogP) is 0.825. The van der Waals surface area contributed by atoms with Gasteiger partial charge in [0.05, 0.1) is 0 Å². The Bertz CT molecular complexity index is 101. The van der Waals surface area contributed by atoms with E-state index in [0.29, 0.717) is 0 Å². The molecule has 0 aromatic rings. The van der Waals surface area contributed by atoms with Gasteiger partial charge in [-0.25, -0.2) is 0 Å². The van der Waals surface area contributed by atoms with Crippen molar-refractivity contribution >= 4 is 4.02 Å². The molecule has 1 N–H and O–H groups in total. The Hall–Kier alpha value is 0.518. The fourth-order valence-corrected chi connectivity index (χ4v) is 2.23. The van der Waals surface area contributed by atoms with Gasteiger partial charge in [0.25, 0.3) is 0 Å². The van der Waals surface area contributed by atoms with Gasteiger partial charge in [0.2, 0.25) is 0 Å². The molecule has 1 saturated heterocycles. The zero-order valence-electron chi connectivity index (χ0n) is 5.11. The van der Waals surface area contributed by atoms with Gasteiger partial charge in [0.15, 0.2) is 0 Å². The molecule has 0 saturated carbocycles. The van der Waals surface area contributed by atoms with Gasteiger partial charge in [0, 0.05) is 0 Å². The summed E-state index contributed by atoms with van der Waals surface area (Å²) >= 11 is 1.62. The van der Waals surface area contributed by atoms with Crippen molar-refractivity contribution in [2.45, 2.75) is 32.2 Å². The molecule has 1 fully saturated rings. The van der Waals surface area contributed by atoms with Crippen LogP contribution in [0.3, 0.4) is 0 Å². The van der Waals surface area contributed by atoms with Gasteiger partial charge >= 0.3 is 60.9 Å². The monoisotopic (exact) mass is 281 g/mol. The number of nitrogens with one attached hydrogen (secondary N) is 1. The molecule has 1 nitrogen and oxygen atoms in total. The average molecular weight is 281 g/mol. The van der Waals surface area contributed by atoms with Crippen molar-refractivity contribution in [2.24, 2.45) is 0 Å². The van der Waals surface area contributed by atoms with Crippen LogP contribution in [-0.2, 0) is 19.4 Å². The second kappa shape index (κ2) is 2.89. The molecule has 46 valence electrons. The molecule has 0 aromatic carbocycles. The number of hydrogen-bond acceptors (Lipinski definition) is 1. The molecular formula is C6H11NW. The Kier molecular flexibility index (Phi) is 2.39. The molecule has 0 spiro atoms. The van der Waals surface area contributed by atoms with E-state index in [9.17, 15) is 0 Å². The maximum absolute atomic E-state index is 3.43. The molecule has 1 aliphatic heterocycles. The molecule has 1 rings (SSSR count). The van der Waals surface area contributed by atoms with E-state index in [1.54, 1.807) is 23.4 Å². The minimum absolute atomic E-state index is 0.747. The number of rotatable bonds is 0. The SMILES string of the molecule is CC1CCC[C](=[W])N1. The molecule has 8 heavy (non-hydrogen) atoms. The molecule has 0 aliphatic carbocycles. The van der Waals surface area contributed by atoms with Crippen LogP contribution in [0.2, 0.25) is 0 Å². The molecule has 0 amide bonds. The molecule has 0 bridgehead atoms. The van der Waals surface area contributed by atoms with Crippen LogP contribution in [0.1, 0.15) is 26.2 Å². The summed E-state index contributed by atoms with van der Waals surface area (Å²) in [5, 5.41) is 3.43. The Morgan fingerprint density at radius 2 is 2.50 bits per heavy atom. The van der Waals surface area contributed by atoms with Crippen molar-refractivity contribution in [3.8, 4) is 0 Å². The Morgan fingerprint density at radius 1 is 1.75 bits per heavy atom. The van der Waals surface area contributed by atoms with Crippen molar-refractivity contribution in [1.82, 2.24) is 5.32 Å². The second-order valence-electron chi connectivity index (χ2n) is 2.36. The third-order valence-corrected chi connectivity index (χ3v) is 2.61. The second-order valence-corrected chi connectivity index (χ2v) is 4.13. The zero-order chi connectivity index (χ0) is 5.98. The molecule has 1 atom stereocenters. The quantitative estimate of drug-likeness (QED) is 0.693. The third-order valence-electron chi connectivity index (χ3n) is 1.45. The normalized spacial score (nSPS) is 30.6. The van der Waals surface area contributed by atoms with E-state index in [-0.39, 0.29) is 0 Å². The summed E-state index contributed by atoms with van der Waals surface area (Å²) in [6.45, 7) is 2.25. The zero-order valence-corrected chi connectivity index (χ0v) is 8.04. The van der Waals surface area contributed by atoms with E-state index in [1.165, 1.54) is 19.3 Å². The van der Waals surface area contributed by atoms with Gasteiger partial charge in [-0.1, -0.05) is 0 Å². The van der Waals surface area contributed by atoms with Gasteiger partial charge < -0.3 is 0 Å². The maximum atomic E-state index is 3.43. The summed E-state index contributed by atoms with van der Waals surface area (Å²) in [4.78, 5) is 0. The average Bonchev–Trinajstić information content (AvgIpc) is 1.64. The molecule has 1 unspecified atom stereocenters. The topological polar surface area (TPSA) is 12.0 Å². The van der Waals surface area contributed by atoms with Crippen LogP contribution in [0.15, 0.2) is 0 Å². The molecular weight excluding hydrogens is 270 g/mol. The Morgan fingerprint density at radius 3 is 2.88 bits per heavy atom. The van der Waals surface area contributed by atoms with Crippen molar-refractivity contribution < 1.29 is 19.4 Å². The molecule has 0 radical (unpaired) electrons. The van der Waals surface area contributed by atoms with E-state index in [1.807, 2.05) is 0 Å². The van der Waals surface area contributed by atoms with Crippen LogP contribution in [0.5, 0.6) is 0 Å². The first-order valence-electron chi connectivity index (χ1n) is 3.08.